The van der Waals surface area contributed by atoms with Crippen LogP contribution in [0.3, 0.4) is 0 Å². The number of nitriles is 1. The zero-order valence-corrected chi connectivity index (χ0v) is 16.7. The van der Waals surface area contributed by atoms with Crippen molar-refractivity contribution in [1.29, 1.82) is 5.26 Å². The lowest BCUT2D eigenvalue weighted by atomic mass is 9.59. The van der Waals surface area contributed by atoms with E-state index in [0.29, 0.717) is 17.3 Å². The molecule has 2 fully saturated rings. The van der Waals surface area contributed by atoms with Gasteiger partial charge in [-0.3, -0.25) is 0 Å². The van der Waals surface area contributed by atoms with Crippen LogP contribution in [0.5, 0.6) is 0 Å². The van der Waals surface area contributed by atoms with Gasteiger partial charge in [-0.15, -0.1) is 12.4 Å². The van der Waals surface area contributed by atoms with Crippen LogP contribution < -0.4 is 10.6 Å². The summed E-state index contributed by atoms with van der Waals surface area (Å²) in [6, 6.07) is 2.21. The van der Waals surface area contributed by atoms with Crippen LogP contribution in [0.1, 0.15) is 79.6 Å². The summed E-state index contributed by atoms with van der Waals surface area (Å²) in [6.45, 7) is 15.3. The van der Waals surface area contributed by atoms with Crippen LogP contribution in [-0.4, -0.2) is 25.2 Å². The SMILES string of the molecule is C1CCNC1.CC1(C)CC(C)(C)CC(C)(NCCCC#N)C1.Cl. The van der Waals surface area contributed by atoms with Gasteiger partial charge in [0.05, 0.1) is 6.07 Å². The predicted octanol–water partition coefficient (Wildman–Crippen LogP) is 4.67. The molecule has 0 radical (unpaired) electrons. The summed E-state index contributed by atoms with van der Waals surface area (Å²) < 4.78 is 0. The number of nitrogens with one attached hydrogen (secondary N) is 2. The molecule has 2 aliphatic rings. The molecule has 0 spiro atoms. The van der Waals surface area contributed by atoms with Gasteiger partial charge in [0.2, 0.25) is 0 Å². The van der Waals surface area contributed by atoms with E-state index in [2.05, 4.69) is 51.3 Å². The molecule has 1 saturated carbocycles. The standard InChI is InChI=1S/C15H28N2.C4H9N.ClH/c1-13(2)10-14(3,4)12-15(5,11-13)17-9-7-6-8-16;1-2-4-5-3-1;/h17H,6-7,9-12H2,1-5H3;5H,1-4H2;1H. The largest absolute Gasteiger partial charge is 0.317 e. The molecule has 0 bridgehead atoms. The third-order valence-corrected chi connectivity index (χ3v) is 4.67. The Bertz CT molecular complexity index is 344. The average molecular weight is 344 g/mol. The third kappa shape index (κ3) is 9.55. The first-order chi connectivity index (χ1) is 10.2. The van der Waals surface area contributed by atoms with E-state index in [1.54, 1.807) is 0 Å². The van der Waals surface area contributed by atoms with E-state index in [4.69, 9.17) is 5.26 Å². The summed E-state index contributed by atoms with van der Waals surface area (Å²) in [5, 5.41) is 15.5. The predicted molar refractivity (Wildman–Crippen MR) is 102 cm³/mol. The Hall–Kier alpha value is -0.300. The molecule has 23 heavy (non-hydrogen) atoms. The van der Waals surface area contributed by atoms with Gasteiger partial charge in [0, 0.05) is 12.0 Å². The van der Waals surface area contributed by atoms with Gasteiger partial charge in [0.1, 0.15) is 0 Å². The molecule has 2 rings (SSSR count). The molecule has 4 heteroatoms. The summed E-state index contributed by atoms with van der Waals surface area (Å²) in [6.07, 6.45) is 8.17. The summed E-state index contributed by atoms with van der Waals surface area (Å²) >= 11 is 0. The van der Waals surface area contributed by atoms with Gasteiger partial charge in [0.15, 0.2) is 0 Å². The highest BCUT2D eigenvalue weighted by molar-refractivity contribution is 5.85. The Labute approximate surface area is 150 Å². The molecule has 0 atom stereocenters. The summed E-state index contributed by atoms with van der Waals surface area (Å²) in [5.74, 6) is 0. The fourth-order valence-electron chi connectivity index (χ4n) is 4.90. The van der Waals surface area contributed by atoms with E-state index < -0.39 is 0 Å². The lowest BCUT2D eigenvalue weighted by Crippen LogP contribution is -2.53. The Kier molecular flexibility index (Phi) is 9.74. The van der Waals surface area contributed by atoms with Crippen LogP contribution in [-0.2, 0) is 0 Å². The van der Waals surface area contributed by atoms with Gasteiger partial charge in [-0.2, -0.15) is 5.26 Å². The van der Waals surface area contributed by atoms with Crippen LogP contribution in [0.2, 0.25) is 0 Å². The number of rotatable bonds is 4. The molecule has 3 nitrogen and oxygen atoms in total. The minimum absolute atomic E-state index is 0. The van der Waals surface area contributed by atoms with E-state index in [-0.39, 0.29) is 17.9 Å². The van der Waals surface area contributed by atoms with Gasteiger partial charge in [0.25, 0.3) is 0 Å². The van der Waals surface area contributed by atoms with Crippen LogP contribution in [0.15, 0.2) is 0 Å². The van der Waals surface area contributed by atoms with Crippen LogP contribution >= 0.6 is 12.4 Å². The Morgan fingerprint density at radius 3 is 1.87 bits per heavy atom. The quantitative estimate of drug-likeness (QED) is 0.729. The van der Waals surface area contributed by atoms with E-state index in [0.717, 1.165) is 13.0 Å². The minimum atomic E-state index is 0. The van der Waals surface area contributed by atoms with Crippen molar-refractivity contribution in [3.63, 3.8) is 0 Å². The van der Waals surface area contributed by atoms with E-state index in [1.807, 2.05) is 0 Å². The summed E-state index contributed by atoms with van der Waals surface area (Å²) in [4.78, 5) is 0. The second kappa shape index (κ2) is 9.87. The van der Waals surface area contributed by atoms with Crippen molar-refractivity contribution in [2.24, 2.45) is 10.8 Å². The highest BCUT2D eigenvalue weighted by atomic mass is 35.5. The molecule has 0 unspecified atom stereocenters. The molecule has 0 aromatic heterocycles. The maximum Gasteiger partial charge on any atom is 0.0622 e. The molecule has 1 saturated heterocycles. The molecule has 136 valence electrons. The fraction of sp³-hybridized carbons (Fsp3) is 0.947. The Morgan fingerprint density at radius 2 is 1.48 bits per heavy atom. The monoisotopic (exact) mass is 343 g/mol. The number of unbranched alkanes of at least 4 members (excludes halogenated alkanes) is 1. The highest BCUT2D eigenvalue weighted by Gasteiger charge is 2.44. The third-order valence-electron chi connectivity index (χ3n) is 4.67. The zero-order chi connectivity index (χ0) is 16.7. The van der Waals surface area contributed by atoms with Gasteiger partial charge in [-0.05, 0) is 75.9 Å². The van der Waals surface area contributed by atoms with Crippen LogP contribution in [0.4, 0.5) is 0 Å². The zero-order valence-electron chi connectivity index (χ0n) is 15.9. The number of hydrogen-bond acceptors (Lipinski definition) is 3. The molecule has 1 aliphatic carbocycles. The van der Waals surface area contributed by atoms with Gasteiger partial charge in [-0.1, -0.05) is 27.7 Å². The van der Waals surface area contributed by atoms with Crippen molar-refractivity contribution in [1.82, 2.24) is 10.6 Å². The average Bonchev–Trinajstić information content (AvgIpc) is 2.89. The normalized spacial score (nSPS) is 23.8. The van der Waals surface area contributed by atoms with Gasteiger partial charge < -0.3 is 10.6 Å². The molecule has 1 aliphatic heterocycles. The van der Waals surface area contributed by atoms with Crippen molar-refractivity contribution in [3.05, 3.63) is 0 Å². The van der Waals surface area contributed by atoms with E-state index in [1.165, 1.54) is 45.2 Å². The Morgan fingerprint density at radius 1 is 0.957 bits per heavy atom. The summed E-state index contributed by atoms with van der Waals surface area (Å²) in [5.41, 5.74) is 1.07. The first-order valence-electron chi connectivity index (χ1n) is 9.01. The lowest BCUT2D eigenvalue weighted by Gasteiger charge is -2.51. The topological polar surface area (TPSA) is 47.8 Å². The fourth-order valence-corrected chi connectivity index (χ4v) is 4.90. The van der Waals surface area contributed by atoms with Gasteiger partial charge >= 0.3 is 0 Å². The van der Waals surface area contributed by atoms with Gasteiger partial charge in [-0.25, -0.2) is 0 Å². The molecular formula is C19H38ClN3. The molecular weight excluding hydrogens is 306 g/mol. The minimum Gasteiger partial charge on any atom is -0.317 e. The van der Waals surface area contributed by atoms with Crippen molar-refractivity contribution in [2.75, 3.05) is 19.6 Å². The molecule has 0 amide bonds. The first-order valence-corrected chi connectivity index (χ1v) is 9.01. The number of nitrogens with zero attached hydrogens (tertiary/aromatic N) is 1. The van der Waals surface area contributed by atoms with Crippen LogP contribution in [0, 0.1) is 22.2 Å². The van der Waals surface area contributed by atoms with E-state index in [9.17, 15) is 0 Å². The molecule has 0 aromatic rings. The van der Waals surface area contributed by atoms with Crippen molar-refractivity contribution < 1.29 is 0 Å². The maximum atomic E-state index is 8.56. The first kappa shape index (κ1) is 22.7. The molecule has 1 heterocycles. The van der Waals surface area contributed by atoms with Crippen molar-refractivity contribution in [2.45, 2.75) is 85.1 Å². The second-order valence-electron chi connectivity index (χ2n) is 9.06. The Balaban J connectivity index is 0.000000684. The molecule has 2 N–H and O–H groups in total. The van der Waals surface area contributed by atoms with Crippen LogP contribution in [0.25, 0.3) is 0 Å². The highest BCUT2D eigenvalue weighted by Crippen LogP contribution is 2.49. The van der Waals surface area contributed by atoms with E-state index >= 15 is 0 Å². The maximum absolute atomic E-state index is 8.56. The van der Waals surface area contributed by atoms with Crippen molar-refractivity contribution >= 4 is 12.4 Å². The van der Waals surface area contributed by atoms with Crippen molar-refractivity contribution in [3.8, 4) is 6.07 Å². The lowest BCUT2D eigenvalue weighted by molar-refractivity contribution is 0.0378. The second-order valence-corrected chi connectivity index (χ2v) is 9.06. The molecule has 0 aromatic carbocycles. The number of halogens is 1. The smallest absolute Gasteiger partial charge is 0.0622 e. The summed E-state index contributed by atoms with van der Waals surface area (Å²) in [7, 11) is 0. The number of hydrogen-bond donors (Lipinski definition) is 2.